The molecular formula is C27H31NO4. The number of piperidine rings is 1. The molecule has 4 atom stereocenters. The summed E-state index contributed by atoms with van der Waals surface area (Å²) in [5, 5.41) is 10.7. The summed E-state index contributed by atoms with van der Waals surface area (Å²) in [6.07, 6.45) is 4.71. The molecule has 2 aliphatic carbocycles. The average molecular weight is 434 g/mol. The predicted molar refractivity (Wildman–Crippen MR) is 121 cm³/mol. The Morgan fingerprint density at radius 3 is 2.81 bits per heavy atom. The van der Waals surface area contributed by atoms with Gasteiger partial charge in [0.2, 0.25) is 0 Å². The number of hydrogen-bond donors (Lipinski definition) is 1. The van der Waals surface area contributed by atoms with Crippen molar-refractivity contribution in [3.8, 4) is 11.5 Å². The van der Waals surface area contributed by atoms with Crippen LogP contribution in [0.4, 0.5) is 0 Å². The highest BCUT2D eigenvalue weighted by atomic mass is 16.5. The molecule has 0 radical (unpaired) electrons. The van der Waals surface area contributed by atoms with Crippen molar-refractivity contribution in [2.24, 2.45) is 0 Å². The van der Waals surface area contributed by atoms with Crippen LogP contribution in [0.3, 0.4) is 0 Å². The molecule has 32 heavy (non-hydrogen) atoms. The first-order valence-electron chi connectivity index (χ1n) is 11.9. The first-order chi connectivity index (χ1) is 15.4. The topological polar surface area (TPSA) is 59.0 Å². The number of Topliss-reactive ketones (excluding diaryl/α,β-unsaturated/α-hetero) is 1. The van der Waals surface area contributed by atoms with Crippen molar-refractivity contribution in [2.75, 3.05) is 20.2 Å². The van der Waals surface area contributed by atoms with Gasteiger partial charge in [0.1, 0.15) is 0 Å². The van der Waals surface area contributed by atoms with E-state index in [2.05, 4.69) is 36.2 Å². The van der Waals surface area contributed by atoms with E-state index in [9.17, 15) is 9.90 Å². The molecule has 1 saturated heterocycles. The Hall–Kier alpha value is -2.37. The van der Waals surface area contributed by atoms with Crippen LogP contribution in [0.1, 0.15) is 49.3 Å². The third-order valence-corrected chi connectivity index (χ3v) is 8.88. The van der Waals surface area contributed by atoms with E-state index in [-0.39, 0.29) is 17.6 Å². The number of aromatic hydroxyl groups is 1. The maximum absolute atomic E-state index is 13.4. The first kappa shape index (κ1) is 20.3. The van der Waals surface area contributed by atoms with E-state index in [0.29, 0.717) is 25.2 Å². The molecule has 2 bridgehead atoms. The number of aryl methyl sites for hydroxylation is 1. The number of phenols is 1. The van der Waals surface area contributed by atoms with Crippen LogP contribution in [0.5, 0.6) is 11.5 Å². The molecule has 2 aliphatic heterocycles. The Kier molecular flexibility index (Phi) is 4.31. The summed E-state index contributed by atoms with van der Waals surface area (Å²) >= 11 is 0. The van der Waals surface area contributed by atoms with Gasteiger partial charge in [0, 0.05) is 24.6 Å². The lowest BCUT2D eigenvalue weighted by Crippen LogP contribution is -2.80. The highest BCUT2D eigenvalue weighted by Gasteiger charge is 2.78. The molecule has 1 N–H and O–H groups in total. The summed E-state index contributed by atoms with van der Waals surface area (Å²) in [5.74, 6) is 0.783. The maximum atomic E-state index is 13.4. The molecule has 2 aromatic carbocycles. The quantitative estimate of drug-likeness (QED) is 0.727. The smallest absolute Gasteiger partial charge is 0.177 e. The van der Waals surface area contributed by atoms with Gasteiger partial charge >= 0.3 is 0 Å². The second-order valence-corrected chi connectivity index (χ2v) is 10.2. The summed E-state index contributed by atoms with van der Waals surface area (Å²) in [6, 6.07) is 14.4. The van der Waals surface area contributed by atoms with Crippen LogP contribution in [0.2, 0.25) is 0 Å². The zero-order valence-corrected chi connectivity index (χ0v) is 18.9. The van der Waals surface area contributed by atoms with Gasteiger partial charge in [-0.1, -0.05) is 36.4 Å². The van der Waals surface area contributed by atoms with Gasteiger partial charge in [-0.25, -0.2) is 0 Å². The first-order valence-corrected chi connectivity index (χ1v) is 11.9. The van der Waals surface area contributed by atoms with Crippen LogP contribution in [-0.2, 0) is 27.8 Å². The molecule has 1 spiro atoms. The van der Waals surface area contributed by atoms with E-state index < -0.39 is 16.6 Å². The fourth-order valence-electron chi connectivity index (χ4n) is 7.42. The number of ether oxygens (including phenoxy) is 2. The Balaban J connectivity index is 1.43. The van der Waals surface area contributed by atoms with Crippen molar-refractivity contribution in [1.82, 2.24) is 4.90 Å². The minimum Gasteiger partial charge on any atom is -0.504 e. The molecule has 0 aromatic heterocycles. The van der Waals surface area contributed by atoms with Gasteiger partial charge in [0.15, 0.2) is 22.9 Å². The average Bonchev–Trinajstić information content (AvgIpc) is 3.08. The van der Waals surface area contributed by atoms with E-state index >= 15 is 0 Å². The van der Waals surface area contributed by atoms with Gasteiger partial charge < -0.3 is 19.5 Å². The fourth-order valence-corrected chi connectivity index (χ4v) is 7.42. The number of rotatable bonds is 5. The zero-order chi connectivity index (χ0) is 22.1. The molecule has 0 unspecified atom stereocenters. The molecule has 5 heteroatoms. The van der Waals surface area contributed by atoms with Crippen molar-refractivity contribution >= 4 is 5.78 Å². The van der Waals surface area contributed by atoms with Gasteiger partial charge in [-0.2, -0.15) is 0 Å². The minimum absolute atomic E-state index is 0.132. The lowest BCUT2D eigenvalue weighted by atomic mass is 9.45. The molecule has 2 heterocycles. The highest BCUT2D eigenvalue weighted by Crippen LogP contribution is 2.69. The summed E-state index contributed by atoms with van der Waals surface area (Å²) in [5.41, 5.74) is 1.50. The van der Waals surface area contributed by atoms with Crippen molar-refractivity contribution in [3.05, 3.63) is 59.2 Å². The molecule has 0 amide bonds. The van der Waals surface area contributed by atoms with Gasteiger partial charge in [-0.05, 0) is 69.8 Å². The fraction of sp³-hybridized carbons (Fsp3) is 0.519. The highest BCUT2D eigenvalue weighted by molar-refractivity contribution is 5.94. The molecule has 168 valence electrons. The van der Waals surface area contributed by atoms with Crippen molar-refractivity contribution in [1.29, 1.82) is 0 Å². The van der Waals surface area contributed by atoms with E-state index in [1.807, 2.05) is 19.1 Å². The largest absolute Gasteiger partial charge is 0.504 e. The van der Waals surface area contributed by atoms with Crippen molar-refractivity contribution in [2.45, 2.75) is 68.1 Å². The standard InChI is InChI=1S/C27H31NO4/c1-25-22(30)12-13-27(31-16-6-9-18-7-4-3-5-8-18)21-17-19-10-11-20(29)24(32-25)23(19)26(25,27)14-15-28(21)2/h3-5,7-8,10-11,21,29H,6,9,12-17H2,1-2H3/t21-,25+,26+,27-/m1/s1. The normalized spacial score (nSPS) is 34.8. The Bertz CT molecular complexity index is 1080. The van der Waals surface area contributed by atoms with Gasteiger partial charge in [0.05, 0.1) is 11.0 Å². The third kappa shape index (κ3) is 2.33. The summed E-state index contributed by atoms with van der Waals surface area (Å²) in [7, 11) is 2.18. The van der Waals surface area contributed by atoms with E-state index in [1.54, 1.807) is 6.07 Å². The van der Waals surface area contributed by atoms with Crippen LogP contribution < -0.4 is 4.74 Å². The maximum Gasteiger partial charge on any atom is 0.177 e. The number of benzene rings is 2. The third-order valence-electron chi connectivity index (χ3n) is 8.88. The molecule has 2 aromatic rings. The summed E-state index contributed by atoms with van der Waals surface area (Å²) in [6.45, 7) is 3.49. The number of carbonyl (C=O) groups is 1. The number of ketones is 1. The van der Waals surface area contributed by atoms with E-state index in [0.717, 1.165) is 37.8 Å². The molecular weight excluding hydrogens is 402 g/mol. The molecule has 6 rings (SSSR count). The summed E-state index contributed by atoms with van der Waals surface area (Å²) in [4.78, 5) is 15.8. The van der Waals surface area contributed by atoms with Gasteiger partial charge in [-0.3, -0.25) is 4.79 Å². The second-order valence-electron chi connectivity index (χ2n) is 10.2. The second kappa shape index (κ2) is 6.82. The van der Waals surface area contributed by atoms with Crippen molar-refractivity contribution < 1.29 is 19.4 Å². The molecule has 1 saturated carbocycles. The Morgan fingerprint density at radius 1 is 1.19 bits per heavy atom. The Labute approximate surface area is 189 Å². The monoisotopic (exact) mass is 433 g/mol. The Morgan fingerprint density at radius 2 is 2.00 bits per heavy atom. The predicted octanol–water partition coefficient (Wildman–Crippen LogP) is 3.79. The number of hydrogen-bond acceptors (Lipinski definition) is 5. The number of likely N-dealkylation sites (tertiary alicyclic amines) is 1. The molecule has 2 fully saturated rings. The number of carbonyl (C=O) groups excluding carboxylic acids is 1. The van der Waals surface area contributed by atoms with Crippen LogP contribution in [-0.4, -0.2) is 53.2 Å². The van der Waals surface area contributed by atoms with Gasteiger partial charge in [0.25, 0.3) is 0 Å². The number of likely N-dealkylation sites (N-methyl/N-ethyl adjacent to an activating group) is 1. The van der Waals surface area contributed by atoms with Crippen LogP contribution >= 0.6 is 0 Å². The van der Waals surface area contributed by atoms with Crippen LogP contribution in [0.25, 0.3) is 0 Å². The number of phenolic OH excluding ortho intramolecular Hbond substituents is 1. The molecule has 5 nitrogen and oxygen atoms in total. The summed E-state index contributed by atoms with van der Waals surface area (Å²) < 4.78 is 13.4. The lowest BCUT2D eigenvalue weighted by molar-refractivity contribution is -0.228. The SMILES string of the molecule is CN1CC[C@]23c4c5ccc(O)c4O[C@@]2(C)C(=O)CC[C@@]3(OCCCc2ccccc2)[C@H]1C5. The van der Waals surface area contributed by atoms with Crippen LogP contribution in [0, 0.1) is 0 Å². The van der Waals surface area contributed by atoms with Gasteiger partial charge in [-0.15, -0.1) is 0 Å². The number of nitrogens with zero attached hydrogens (tertiary/aromatic N) is 1. The van der Waals surface area contributed by atoms with E-state index in [4.69, 9.17) is 9.47 Å². The lowest BCUT2D eigenvalue weighted by Gasteiger charge is -2.66. The van der Waals surface area contributed by atoms with E-state index in [1.165, 1.54) is 11.1 Å². The van der Waals surface area contributed by atoms with Crippen LogP contribution in [0.15, 0.2) is 42.5 Å². The minimum atomic E-state index is -0.999. The molecule has 4 aliphatic rings. The zero-order valence-electron chi connectivity index (χ0n) is 18.9. The van der Waals surface area contributed by atoms with Crippen molar-refractivity contribution in [3.63, 3.8) is 0 Å².